The second-order valence-corrected chi connectivity index (χ2v) is 8.56. The van der Waals surface area contributed by atoms with Crippen LogP contribution in [0.2, 0.25) is 0 Å². The van der Waals surface area contributed by atoms with Crippen LogP contribution in [0.25, 0.3) is 0 Å². The second kappa shape index (κ2) is 11.5. The normalized spacial score (nSPS) is 20.3. The predicted octanol–water partition coefficient (Wildman–Crippen LogP) is 2.15. The first-order chi connectivity index (χ1) is 12.4. The Kier molecular flexibility index (Phi) is 10.2. The summed E-state index contributed by atoms with van der Waals surface area (Å²) in [7, 11) is 1.89. The minimum atomic E-state index is -0.793. The predicted molar refractivity (Wildman–Crippen MR) is 111 cm³/mol. The lowest BCUT2D eigenvalue weighted by molar-refractivity contribution is -0.140. The van der Waals surface area contributed by atoms with Crippen molar-refractivity contribution in [3.8, 4) is 0 Å². The molecule has 1 aliphatic carbocycles. The van der Waals surface area contributed by atoms with Gasteiger partial charge in [0.25, 0.3) is 0 Å². The first-order valence-corrected chi connectivity index (χ1v) is 10.4. The van der Waals surface area contributed by atoms with Crippen LogP contribution in [0.5, 0.6) is 0 Å². The van der Waals surface area contributed by atoms with Crippen LogP contribution in [0, 0.1) is 11.8 Å². The van der Waals surface area contributed by atoms with Crippen LogP contribution in [-0.2, 0) is 14.4 Å². The van der Waals surface area contributed by atoms with Crippen LogP contribution >= 0.6 is 24.2 Å². The Balaban J connectivity index is 0.00000364. The zero-order chi connectivity index (χ0) is 19.1. The van der Waals surface area contributed by atoms with Crippen molar-refractivity contribution in [2.45, 2.75) is 58.4 Å². The second-order valence-electron chi connectivity index (χ2n) is 7.50. The molecule has 2 N–H and O–H groups in total. The molecule has 9 heteroatoms. The van der Waals surface area contributed by atoms with Crippen molar-refractivity contribution >= 4 is 46.9 Å². The molecular weight excluding hydrogens is 388 g/mol. The van der Waals surface area contributed by atoms with E-state index in [1.807, 2.05) is 25.8 Å². The summed E-state index contributed by atoms with van der Waals surface area (Å²) in [5, 5.41) is 7.54. The van der Waals surface area contributed by atoms with Gasteiger partial charge in [0.05, 0.1) is 6.04 Å². The number of hydrazone groups is 1. The van der Waals surface area contributed by atoms with E-state index in [0.717, 1.165) is 44.4 Å². The number of halogens is 1. The van der Waals surface area contributed by atoms with Crippen molar-refractivity contribution in [2.75, 3.05) is 19.3 Å². The van der Waals surface area contributed by atoms with Gasteiger partial charge >= 0.3 is 5.91 Å². The summed E-state index contributed by atoms with van der Waals surface area (Å²) in [4.78, 5) is 39.2. The van der Waals surface area contributed by atoms with Crippen molar-refractivity contribution < 1.29 is 14.4 Å². The Morgan fingerprint density at radius 1 is 1.22 bits per heavy atom. The van der Waals surface area contributed by atoms with Gasteiger partial charge in [-0.1, -0.05) is 44.9 Å². The summed E-state index contributed by atoms with van der Waals surface area (Å²) >= 11 is 1.53. The summed E-state index contributed by atoms with van der Waals surface area (Å²) in [6, 6.07) is -0.793. The van der Waals surface area contributed by atoms with Gasteiger partial charge in [0.2, 0.25) is 11.7 Å². The molecule has 1 atom stereocenters. The number of thioether (sulfide) groups is 1. The number of carbonyl (C=O) groups excluding carboxylic acids is 3. The molecule has 1 saturated heterocycles. The first-order valence-electron chi connectivity index (χ1n) is 9.44. The van der Waals surface area contributed by atoms with Crippen LogP contribution in [0.1, 0.15) is 52.4 Å². The number of hydrogen-bond donors (Lipinski definition) is 2. The molecule has 0 bridgehead atoms. The number of hydrogen-bond acceptors (Lipinski definition) is 5. The number of amides is 2. The Bertz CT molecular complexity index is 565. The zero-order valence-corrected chi connectivity index (χ0v) is 18.0. The van der Waals surface area contributed by atoms with Gasteiger partial charge in [-0.2, -0.15) is 0 Å². The van der Waals surface area contributed by atoms with Crippen molar-refractivity contribution in [2.24, 2.45) is 16.9 Å². The van der Waals surface area contributed by atoms with Gasteiger partial charge in [0.1, 0.15) is 0 Å². The van der Waals surface area contributed by atoms with Crippen molar-refractivity contribution in [3.05, 3.63) is 0 Å². The quantitative estimate of drug-likeness (QED) is 0.488. The molecule has 2 amide bonds. The molecule has 2 rings (SSSR count). The molecular formula is C18H31ClN4O3S. The van der Waals surface area contributed by atoms with Gasteiger partial charge < -0.3 is 10.2 Å². The first kappa shape index (κ1) is 23.8. The summed E-state index contributed by atoms with van der Waals surface area (Å²) in [6.45, 7) is 4.80. The average Bonchev–Trinajstić information content (AvgIpc) is 3.03. The lowest BCUT2D eigenvalue weighted by Gasteiger charge is -2.24. The van der Waals surface area contributed by atoms with Gasteiger partial charge in [-0.15, -0.1) is 17.5 Å². The number of nitrogens with one attached hydrogen (secondary N) is 2. The number of nitrogens with zero attached hydrogens (tertiary/aromatic N) is 2. The molecule has 0 spiro atoms. The highest BCUT2D eigenvalue weighted by atomic mass is 35.5. The molecule has 0 unspecified atom stereocenters. The van der Waals surface area contributed by atoms with Crippen LogP contribution in [-0.4, -0.2) is 53.1 Å². The van der Waals surface area contributed by atoms with E-state index in [1.165, 1.54) is 11.8 Å². The summed E-state index contributed by atoms with van der Waals surface area (Å²) in [5.74, 6) is -0.448. The van der Waals surface area contributed by atoms with Gasteiger partial charge in [0.15, 0.2) is 5.17 Å². The lowest BCUT2D eigenvalue weighted by atomic mass is 9.88. The molecule has 2 fully saturated rings. The molecule has 0 aromatic heterocycles. The van der Waals surface area contributed by atoms with Crippen molar-refractivity contribution in [1.82, 2.24) is 15.6 Å². The summed E-state index contributed by atoms with van der Waals surface area (Å²) < 4.78 is 0. The van der Waals surface area contributed by atoms with E-state index in [-0.39, 0.29) is 30.2 Å². The Morgan fingerprint density at radius 3 is 2.44 bits per heavy atom. The minimum Gasteiger partial charge on any atom is -0.352 e. The molecule has 1 saturated carbocycles. The number of ketones is 1. The summed E-state index contributed by atoms with van der Waals surface area (Å²) in [5.41, 5.74) is 2.35. The van der Waals surface area contributed by atoms with Crippen molar-refractivity contribution in [3.63, 3.8) is 0 Å². The Morgan fingerprint density at radius 2 is 1.89 bits per heavy atom. The van der Waals surface area contributed by atoms with Gasteiger partial charge in [-0.3, -0.25) is 14.4 Å². The van der Waals surface area contributed by atoms with Crippen LogP contribution in [0.3, 0.4) is 0 Å². The highest BCUT2D eigenvalue weighted by molar-refractivity contribution is 8.14. The molecule has 154 valence electrons. The highest BCUT2D eigenvalue weighted by Gasteiger charge is 2.30. The number of rotatable bonds is 7. The average molecular weight is 419 g/mol. The Labute approximate surface area is 171 Å². The van der Waals surface area contributed by atoms with E-state index in [2.05, 4.69) is 15.8 Å². The molecule has 0 aromatic carbocycles. The van der Waals surface area contributed by atoms with E-state index in [1.54, 1.807) is 0 Å². The van der Waals surface area contributed by atoms with Crippen LogP contribution in [0.15, 0.2) is 5.10 Å². The molecule has 1 heterocycles. The van der Waals surface area contributed by atoms with E-state index in [9.17, 15) is 14.4 Å². The maximum atomic E-state index is 12.6. The van der Waals surface area contributed by atoms with Gasteiger partial charge in [-0.25, -0.2) is 5.43 Å². The minimum absolute atomic E-state index is 0. The maximum Gasteiger partial charge on any atom is 0.309 e. The third kappa shape index (κ3) is 7.33. The number of carbonyl (C=O) groups is 3. The van der Waals surface area contributed by atoms with Crippen LogP contribution < -0.4 is 10.7 Å². The Hall–Kier alpha value is -1.28. The highest BCUT2D eigenvalue weighted by Crippen LogP contribution is 2.24. The third-order valence-electron chi connectivity index (χ3n) is 4.78. The summed E-state index contributed by atoms with van der Waals surface area (Å²) in [6.07, 6.45) is 5.41. The molecule has 2 aliphatic rings. The fourth-order valence-electron chi connectivity index (χ4n) is 3.27. The molecule has 27 heavy (non-hydrogen) atoms. The zero-order valence-electron chi connectivity index (χ0n) is 16.3. The van der Waals surface area contributed by atoms with Crippen molar-refractivity contribution in [1.29, 1.82) is 0 Å². The fraction of sp³-hybridized carbons (Fsp3) is 0.778. The maximum absolute atomic E-state index is 12.6. The largest absolute Gasteiger partial charge is 0.352 e. The van der Waals surface area contributed by atoms with Gasteiger partial charge in [-0.05, 0) is 25.2 Å². The number of amidine groups is 1. The van der Waals surface area contributed by atoms with Crippen LogP contribution in [0.4, 0.5) is 0 Å². The standard InChI is InChI=1S/C18H30N4O3S.ClH/c1-12(2)11-14(19-16(24)13-7-5-4-6-8-13)15(23)17(25)20-21-18-22(3)9-10-26-18;/h12-14H,4-11H2,1-3H3,(H,19,24)(H,20,25);1H/t14-;/m0./s1. The fourth-order valence-corrected chi connectivity index (χ4v) is 4.24. The monoisotopic (exact) mass is 418 g/mol. The van der Waals surface area contributed by atoms with E-state index >= 15 is 0 Å². The third-order valence-corrected chi connectivity index (χ3v) is 5.83. The SMILES string of the molecule is CC(C)C[C@H](NC(=O)C1CCCCC1)C(=O)C(=O)NN=C1SCCN1C.Cl. The van der Waals surface area contributed by atoms with E-state index in [4.69, 9.17) is 0 Å². The van der Waals surface area contributed by atoms with Gasteiger partial charge in [0, 0.05) is 25.3 Å². The lowest BCUT2D eigenvalue weighted by Crippen LogP contribution is -2.49. The molecule has 1 aliphatic heterocycles. The molecule has 0 radical (unpaired) electrons. The smallest absolute Gasteiger partial charge is 0.309 e. The molecule has 7 nitrogen and oxygen atoms in total. The topological polar surface area (TPSA) is 90.9 Å². The van der Waals surface area contributed by atoms with E-state index in [0.29, 0.717) is 11.6 Å². The number of Topliss-reactive ketones (excluding diaryl/α,β-unsaturated/α-hetero) is 1. The molecule has 0 aromatic rings. The van der Waals surface area contributed by atoms with E-state index < -0.39 is 17.7 Å².